The Kier molecular flexibility index (Phi) is 3.35. The first kappa shape index (κ1) is 12.3. The molecule has 0 spiro atoms. The van der Waals surface area contributed by atoms with E-state index in [0.29, 0.717) is 23.6 Å². The van der Waals surface area contributed by atoms with Crippen LogP contribution in [-0.2, 0) is 6.42 Å². The Bertz CT molecular complexity index is 548. The first-order valence-corrected chi connectivity index (χ1v) is 5.98. The summed E-state index contributed by atoms with van der Waals surface area (Å²) in [4.78, 5) is 4.48. The summed E-state index contributed by atoms with van der Waals surface area (Å²) in [6.07, 6.45) is 2.07. The lowest BCUT2D eigenvalue weighted by Crippen LogP contribution is -2.08. The summed E-state index contributed by atoms with van der Waals surface area (Å²) in [6.45, 7) is 4.60. The van der Waals surface area contributed by atoms with E-state index in [1.165, 1.54) is 12.3 Å². The van der Waals surface area contributed by atoms with Gasteiger partial charge in [0.15, 0.2) is 5.65 Å². The third-order valence-electron chi connectivity index (χ3n) is 2.70. The van der Waals surface area contributed by atoms with Gasteiger partial charge < -0.3 is 5.73 Å². The van der Waals surface area contributed by atoms with Crippen LogP contribution in [0.1, 0.15) is 31.2 Å². The number of nitrogens with two attached hydrogens (primary N) is 1. The maximum absolute atomic E-state index is 13.4. The van der Waals surface area contributed by atoms with Crippen LogP contribution in [-0.4, -0.2) is 15.9 Å². The molecule has 2 N–H and O–H groups in total. The predicted molar refractivity (Wildman–Crippen MR) is 67.0 cm³/mol. The fourth-order valence-corrected chi connectivity index (χ4v) is 2.22. The Morgan fingerprint density at radius 3 is 2.82 bits per heavy atom. The van der Waals surface area contributed by atoms with Crippen molar-refractivity contribution in [3.8, 4) is 0 Å². The van der Waals surface area contributed by atoms with Gasteiger partial charge in [0.1, 0.15) is 5.82 Å². The predicted octanol–water partition coefficient (Wildman–Crippen LogP) is 2.75. The van der Waals surface area contributed by atoms with Gasteiger partial charge in [0, 0.05) is 18.3 Å². The van der Waals surface area contributed by atoms with Gasteiger partial charge in [0.2, 0.25) is 0 Å². The van der Waals surface area contributed by atoms with E-state index in [4.69, 9.17) is 17.3 Å². The van der Waals surface area contributed by atoms with Crippen LogP contribution in [0, 0.1) is 5.82 Å². The number of rotatable bonds is 3. The van der Waals surface area contributed by atoms with Crippen molar-refractivity contribution in [1.29, 1.82) is 0 Å². The van der Waals surface area contributed by atoms with Crippen LogP contribution in [0.25, 0.3) is 5.65 Å². The van der Waals surface area contributed by atoms with E-state index in [1.54, 1.807) is 4.40 Å². The van der Waals surface area contributed by atoms with E-state index in [2.05, 4.69) is 4.98 Å². The molecular formula is C12H15ClFN3. The van der Waals surface area contributed by atoms with Gasteiger partial charge in [-0.15, -0.1) is 0 Å². The number of hydrogen-bond acceptors (Lipinski definition) is 2. The standard InChI is InChI=1S/C12H15ClFN3/c1-7(2)11-10(3-4-15)17-6-8(14)5-9(13)12(17)16-11/h5-7H,3-4,15H2,1-2H3. The largest absolute Gasteiger partial charge is 0.330 e. The molecule has 0 saturated heterocycles. The molecule has 92 valence electrons. The highest BCUT2D eigenvalue weighted by molar-refractivity contribution is 6.33. The number of fused-ring (bicyclic) bond motifs is 1. The fraction of sp³-hybridized carbons (Fsp3) is 0.417. The number of pyridine rings is 1. The molecule has 2 rings (SSSR count). The molecule has 3 nitrogen and oxygen atoms in total. The van der Waals surface area contributed by atoms with Gasteiger partial charge in [0.05, 0.1) is 10.7 Å². The minimum absolute atomic E-state index is 0.260. The van der Waals surface area contributed by atoms with Crippen LogP contribution < -0.4 is 5.73 Å². The highest BCUT2D eigenvalue weighted by atomic mass is 35.5. The minimum Gasteiger partial charge on any atom is -0.330 e. The summed E-state index contributed by atoms with van der Waals surface area (Å²) in [5.41, 5.74) is 8.06. The van der Waals surface area contributed by atoms with Crippen molar-refractivity contribution >= 4 is 17.2 Å². The molecule has 0 aliphatic rings. The number of aromatic nitrogens is 2. The molecule has 2 heterocycles. The van der Waals surface area contributed by atoms with Crippen molar-refractivity contribution in [2.45, 2.75) is 26.2 Å². The highest BCUT2D eigenvalue weighted by Crippen LogP contribution is 2.25. The van der Waals surface area contributed by atoms with Gasteiger partial charge >= 0.3 is 0 Å². The fourth-order valence-electron chi connectivity index (χ4n) is 1.99. The number of hydrogen-bond donors (Lipinski definition) is 1. The zero-order valence-corrected chi connectivity index (χ0v) is 10.6. The lowest BCUT2D eigenvalue weighted by atomic mass is 10.1. The van der Waals surface area contributed by atoms with Crippen molar-refractivity contribution in [3.05, 3.63) is 34.5 Å². The normalized spacial score (nSPS) is 11.6. The molecule has 0 aliphatic heterocycles. The van der Waals surface area contributed by atoms with Crippen molar-refractivity contribution in [1.82, 2.24) is 9.38 Å². The number of halogens is 2. The molecule has 2 aromatic rings. The lowest BCUT2D eigenvalue weighted by molar-refractivity contribution is 0.617. The van der Waals surface area contributed by atoms with Crippen LogP contribution in [0.15, 0.2) is 12.3 Å². The van der Waals surface area contributed by atoms with Crippen LogP contribution in [0.4, 0.5) is 4.39 Å². The van der Waals surface area contributed by atoms with Crippen LogP contribution in [0.3, 0.4) is 0 Å². The Morgan fingerprint density at radius 1 is 1.53 bits per heavy atom. The molecule has 0 amide bonds. The first-order valence-electron chi connectivity index (χ1n) is 5.60. The maximum atomic E-state index is 13.4. The molecule has 0 aliphatic carbocycles. The van der Waals surface area contributed by atoms with E-state index in [-0.39, 0.29) is 11.7 Å². The molecule has 0 radical (unpaired) electrons. The van der Waals surface area contributed by atoms with Gasteiger partial charge in [-0.1, -0.05) is 25.4 Å². The Morgan fingerprint density at radius 2 is 2.24 bits per heavy atom. The molecular weight excluding hydrogens is 241 g/mol. The molecule has 17 heavy (non-hydrogen) atoms. The molecule has 2 aromatic heterocycles. The van der Waals surface area contributed by atoms with Crippen molar-refractivity contribution in [3.63, 3.8) is 0 Å². The molecule has 0 fully saturated rings. The van der Waals surface area contributed by atoms with E-state index in [1.807, 2.05) is 13.8 Å². The smallest absolute Gasteiger partial charge is 0.156 e. The monoisotopic (exact) mass is 255 g/mol. The van der Waals surface area contributed by atoms with Gasteiger partial charge in [-0.2, -0.15) is 0 Å². The summed E-state index contributed by atoms with van der Waals surface area (Å²) < 4.78 is 15.1. The molecule has 0 aromatic carbocycles. The Hall–Kier alpha value is -1.13. The van der Waals surface area contributed by atoms with Crippen LogP contribution in [0.2, 0.25) is 5.02 Å². The topological polar surface area (TPSA) is 43.3 Å². The maximum Gasteiger partial charge on any atom is 0.156 e. The van der Waals surface area contributed by atoms with E-state index in [0.717, 1.165) is 11.4 Å². The summed E-state index contributed by atoms with van der Waals surface area (Å²) >= 11 is 6.00. The third kappa shape index (κ3) is 2.15. The van der Waals surface area contributed by atoms with Crippen molar-refractivity contribution in [2.24, 2.45) is 5.73 Å². The average Bonchev–Trinajstić information content (AvgIpc) is 2.58. The second-order valence-corrected chi connectivity index (χ2v) is 4.74. The Labute approximate surface area is 104 Å². The minimum atomic E-state index is -0.367. The summed E-state index contributed by atoms with van der Waals surface area (Å²) in [7, 11) is 0. The Balaban J connectivity index is 2.75. The molecule has 0 saturated carbocycles. The lowest BCUT2D eigenvalue weighted by Gasteiger charge is -2.06. The molecule has 0 atom stereocenters. The molecule has 0 unspecified atom stereocenters. The van der Waals surface area contributed by atoms with Crippen LogP contribution >= 0.6 is 11.6 Å². The second-order valence-electron chi connectivity index (χ2n) is 4.34. The summed E-state index contributed by atoms with van der Waals surface area (Å²) in [6, 6.07) is 1.28. The highest BCUT2D eigenvalue weighted by Gasteiger charge is 2.16. The zero-order chi connectivity index (χ0) is 12.6. The van der Waals surface area contributed by atoms with Crippen molar-refractivity contribution in [2.75, 3.05) is 6.54 Å². The van der Waals surface area contributed by atoms with E-state index < -0.39 is 0 Å². The summed E-state index contributed by atoms with van der Waals surface area (Å²) in [5, 5.41) is 0.329. The van der Waals surface area contributed by atoms with E-state index >= 15 is 0 Å². The quantitative estimate of drug-likeness (QED) is 0.917. The summed E-state index contributed by atoms with van der Waals surface area (Å²) in [5.74, 6) is -0.107. The average molecular weight is 256 g/mol. The number of imidazole rings is 1. The van der Waals surface area contributed by atoms with Gasteiger partial charge in [-0.3, -0.25) is 4.40 Å². The van der Waals surface area contributed by atoms with Crippen LogP contribution in [0.5, 0.6) is 0 Å². The molecule has 0 bridgehead atoms. The zero-order valence-electron chi connectivity index (χ0n) is 9.87. The third-order valence-corrected chi connectivity index (χ3v) is 2.98. The SMILES string of the molecule is CC(C)c1nc2c(Cl)cc(F)cn2c1CCN. The second kappa shape index (κ2) is 4.63. The van der Waals surface area contributed by atoms with Gasteiger partial charge in [-0.25, -0.2) is 9.37 Å². The number of nitrogens with zero attached hydrogens (tertiary/aromatic N) is 2. The van der Waals surface area contributed by atoms with E-state index in [9.17, 15) is 4.39 Å². The van der Waals surface area contributed by atoms with Crippen molar-refractivity contribution < 1.29 is 4.39 Å². The molecule has 5 heteroatoms. The van der Waals surface area contributed by atoms with Gasteiger partial charge in [-0.05, 0) is 18.5 Å². The first-order chi connectivity index (χ1) is 8.04. The van der Waals surface area contributed by atoms with Gasteiger partial charge in [0.25, 0.3) is 0 Å².